The van der Waals surface area contributed by atoms with Gasteiger partial charge in [0.15, 0.2) is 0 Å². The topological polar surface area (TPSA) is 96.5 Å². The van der Waals surface area contributed by atoms with Crippen LogP contribution in [-0.2, 0) is 14.8 Å². The van der Waals surface area contributed by atoms with Crippen molar-refractivity contribution in [2.24, 2.45) is 0 Å². The molecule has 2 aromatic rings. The van der Waals surface area contributed by atoms with Crippen LogP contribution in [0.5, 0.6) is 5.75 Å². The second-order valence-corrected chi connectivity index (χ2v) is 8.41. The zero-order valence-corrected chi connectivity index (χ0v) is 16.5. The standard InChI is InChI=1S/C18H19ClFN3O4S/c1-27-17-7-5-13(28(25,26)23-11-2-3-11)9-16(17)21-10-18(24)22-12-4-6-15(20)14(19)8-12/h4-9,11,21,23H,2-3,10H2,1H3,(H,22,24). The molecule has 1 saturated carbocycles. The SMILES string of the molecule is COc1ccc(S(=O)(=O)NC2CC2)cc1NCC(=O)Nc1ccc(F)c(Cl)c1. The van der Waals surface area contributed by atoms with Crippen molar-refractivity contribution < 1.29 is 22.3 Å². The van der Waals surface area contributed by atoms with Gasteiger partial charge in [-0.25, -0.2) is 17.5 Å². The van der Waals surface area contributed by atoms with Gasteiger partial charge in [0, 0.05) is 11.7 Å². The van der Waals surface area contributed by atoms with Crippen molar-refractivity contribution in [3.63, 3.8) is 0 Å². The van der Waals surface area contributed by atoms with Gasteiger partial charge in [0.05, 0.1) is 29.3 Å². The van der Waals surface area contributed by atoms with Crippen LogP contribution in [0.4, 0.5) is 15.8 Å². The van der Waals surface area contributed by atoms with Gasteiger partial charge in [-0.05, 0) is 49.2 Å². The molecule has 150 valence electrons. The predicted molar refractivity (Wildman–Crippen MR) is 105 cm³/mol. The highest BCUT2D eigenvalue weighted by Gasteiger charge is 2.28. The van der Waals surface area contributed by atoms with E-state index < -0.39 is 21.7 Å². The zero-order chi connectivity index (χ0) is 20.3. The van der Waals surface area contributed by atoms with Gasteiger partial charge in [-0.2, -0.15) is 0 Å². The van der Waals surface area contributed by atoms with E-state index >= 15 is 0 Å². The summed E-state index contributed by atoms with van der Waals surface area (Å²) in [6.07, 6.45) is 1.65. The lowest BCUT2D eigenvalue weighted by molar-refractivity contribution is -0.114. The lowest BCUT2D eigenvalue weighted by Gasteiger charge is -2.14. The fourth-order valence-electron chi connectivity index (χ4n) is 2.44. The van der Waals surface area contributed by atoms with E-state index in [-0.39, 0.29) is 22.5 Å². The van der Waals surface area contributed by atoms with Crippen molar-refractivity contribution in [2.75, 3.05) is 24.3 Å². The van der Waals surface area contributed by atoms with Crippen LogP contribution >= 0.6 is 11.6 Å². The van der Waals surface area contributed by atoms with Crippen molar-refractivity contribution in [2.45, 2.75) is 23.8 Å². The molecule has 0 atom stereocenters. The quantitative estimate of drug-likeness (QED) is 0.601. The van der Waals surface area contributed by atoms with E-state index in [1.165, 1.54) is 37.4 Å². The van der Waals surface area contributed by atoms with Crippen LogP contribution in [0, 0.1) is 5.82 Å². The third kappa shape index (κ3) is 5.12. The molecule has 28 heavy (non-hydrogen) atoms. The molecule has 0 bridgehead atoms. The normalized spacial score (nSPS) is 13.8. The number of sulfonamides is 1. The Kier molecular flexibility index (Phi) is 6.07. The summed E-state index contributed by atoms with van der Waals surface area (Å²) in [4.78, 5) is 12.2. The summed E-state index contributed by atoms with van der Waals surface area (Å²) in [5, 5.41) is 5.33. The Hall–Kier alpha value is -2.36. The molecule has 2 aromatic carbocycles. The number of rotatable bonds is 8. The largest absolute Gasteiger partial charge is 0.495 e. The van der Waals surface area contributed by atoms with Gasteiger partial charge in [-0.1, -0.05) is 11.6 Å². The average molecular weight is 428 g/mol. The number of carbonyl (C=O) groups excluding carboxylic acids is 1. The molecule has 1 aliphatic carbocycles. The molecule has 3 N–H and O–H groups in total. The van der Waals surface area contributed by atoms with Gasteiger partial charge in [0.25, 0.3) is 0 Å². The second-order valence-electron chi connectivity index (χ2n) is 6.29. The van der Waals surface area contributed by atoms with E-state index in [9.17, 15) is 17.6 Å². The minimum Gasteiger partial charge on any atom is -0.495 e. The smallest absolute Gasteiger partial charge is 0.243 e. The minimum atomic E-state index is -3.64. The molecule has 3 rings (SSSR count). The summed E-state index contributed by atoms with van der Waals surface area (Å²) < 4.78 is 45.7. The van der Waals surface area contributed by atoms with Gasteiger partial charge in [0.2, 0.25) is 15.9 Å². The van der Waals surface area contributed by atoms with E-state index in [1.54, 1.807) is 0 Å². The van der Waals surface area contributed by atoms with Gasteiger partial charge in [-0.3, -0.25) is 4.79 Å². The molecule has 0 saturated heterocycles. The number of hydrogen-bond donors (Lipinski definition) is 3. The van der Waals surface area contributed by atoms with Crippen LogP contribution in [0.2, 0.25) is 5.02 Å². The lowest BCUT2D eigenvalue weighted by Crippen LogP contribution is -2.26. The molecule has 0 radical (unpaired) electrons. The third-order valence-electron chi connectivity index (χ3n) is 4.02. The number of amides is 1. The van der Waals surface area contributed by atoms with Gasteiger partial charge >= 0.3 is 0 Å². The summed E-state index contributed by atoms with van der Waals surface area (Å²) in [5.41, 5.74) is 0.698. The number of anilines is 2. The molecule has 0 unspecified atom stereocenters. The zero-order valence-electron chi connectivity index (χ0n) is 15.0. The number of ether oxygens (including phenoxy) is 1. The Labute approximate surface area is 167 Å². The van der Waals surface area contributed by atoms with E-state index in [0.717, 1.165) is 18.9 Å². The molecular weight excluding hydrogens is 409 g/mol. The molecule has 1 aliphatic rings. The minimum absolute atomic E-state index is 0.0168. The Morgan fingerprint density at radius 2 is 2.00 bits per heavy atom. The first-order valence-corrected chi connectivity index (χ1v) is 10.3. The van der Waals surface area contributed by atoms with Crippen LogP contribution in [-0.4, -0.2) is 34.0 Å². The summed E-state index contributed by atoms with van der Waals surface area (Å²) in [5.74, 6) is -0.613. The molecule has 0 aromatic heterocycles. The maximum absolute atomic E-state index is 13.2. The Morgan fingerprint density at radius 1 is 1.25 bits per heavy atom. The molecule has 10 heteroatoms. The monoisotopic (exact) mass is 427 g/mol. The van der Waals surface area contributed by atoms with E-state index in [4.69, 9.17) is 16.3 Å². The van der Waals surface area contributed by atoms with Crippen LogP contribution in [0.3, 0.4) is 0 Å². The first-order chi connectivity index (χ1) is 13.3. The van der Waals surface area contributed by atoms with Crippen molar-refractivity contribution in [3.8, 4) is 5.75 Å². The Bertz CT molecular complexity index is 996. The number of methoxy groups -OCH3 is 1. The van der Waals surface area contributed by atoms with Gasteiger partial charge in [0.1, 0.15) is 11.6 Å². The van der Waals surface area contributed by atoms with E-state index in [1.807, 2.05) is 0 Å². The molecule has 1 fully saturated rings. The summed E-state index contributed by atoms with van der Waals surface area (Å²) in [7, 11) is -2.19. The van der Waals surface area contributed by atoms with Crippen LogP contribution in [0.25, 0.3) is 0 Å². The third-order valence-corrected chi connectivity index (χ3v) is 5.83. The fourth-order valence-corrected chi connectivity index (χ4v) is 3.95. The average Bonchev–Trinajstić information content (AvgIpc) is 3.46. The summed E-state index contributed by atoms with van der Waals surface area (Å²) in [6.45, 7) is -0.162. The maximum Gasteiger partial charge on any atom is 0.243 e. The Morgan fingerprint density at radius 3 is 2.64 bits per heavy atom. The fraction of sp³-hybridized carbons (Fsp3) is 0.278. The van der Waals surface area contributed by atoms with Crippen LogP contribution in [0.1, 0.15) is 12.8 Å². The molecule has 0 heterocycles. The molecule has 0 spiro atoms. The first kappa shape index (κ1) is 20.4. The highest BCUT2D eigenvalue weighted by Crippen LogP contribution is 2.29. The summed E-state index contributed by atoms with van der Waals surface area (Å²) >= 11 is 5.69. The Balaban J connectivity index is 1.69. The van der Waals surface area contributed by atoms with Gasteiger partial charge in [-0.15, -0.1) is 0 Å². The second kappa shape index (κ2) is 8.34. The summed E-state index contributed by atoms with van der Waals surface area (Å²) in [6, 6.07) is 8.18. The molecule has 1 amide bonds. The number of nitrogens with one attached hydrogen (secondary N) is 3. The number of hydrogen-bond acceptors (Lipinski definition) is 5. The van der Waals surface area contributed by atoms with Gasteiger partial charge < -0.3 is 15.4 Å². The van der Waals surface area contributed by atoms with Crippen molar-refractivity contribution in [1.29, 1.82) is 0 Å². The highest BCUT2D eigenvalue weighted by atomic mass is 35.5. The first-order valence-electron chi connectivity index (χ1n) is 8.47. The molecular formula is C18H19ClFN3O4S. The van der Waals surface area contributed by atoms with Crippen molar-refractivity contribution in [3.05, 3.63) is 47.2 Å². The number of halogens is 2. The van der Waals surface area contributed by atoms with E-state index in [2.05, 4.69) is 15.4 Å². The van der Waals surface area contributed by atoms with E-state index in [0.29, 0.717) is 17.1 Å². The maximum atomic E-state index is 13.2. The molecule has 7 nitrogen and oxygen atoms in total. The van der Waals surface area contributed by atoms with Crippen molar-refractivity contribution >= 4 is 38.9 Å². The molecule has 0 aliphatic heterocycles. The number of carbonyl (C=O) groups is 1. The van der Waals surface area contributed by atoms with Crippen molar-refractivity contribution in [1.82, 2.24) is 4.72 Å². The highest BCUT2D eigenvalue weighted by molar-refractivity contribution is 7.89. The van der Waals surface area contributed by atoms with Crippen LogP contribution in [0.15, 0.2) is 41.3 Å². The lowest BCUT2D eigenvalue weighted by atomic mass is 10.3. The van der Waals surface area contributed by atoms with Crippen LogP contribution < -0.4 is 20.1 Å². The number of benzene rings is 2. The predicted octanol–water partition coefficient (Wildman–Crippen LogP) is 2.98.